The second kappa shape index (κ2) is 5.08. The molecule has 1 atom stereocenters. The lowest BCUT2D eigenvalue weighted by molar-refractivity contribution is -0.130. The Morgan fingerprint density at radius 1 is 1.60 bits per heavy atom. The topological polar surface area (TPSA) is 74.6 Å². The van der Waals surface area contributed by atoms with E-state index in [0.29, 0.717) is 6.29 Å². The molecule has 0 saturated carbocycles. The number of aliphatic hydroxyl groups is 2. The predicted molar refractivity (Wildman–Crippen MR) is 33.4 cm³/mol. The molecule has 0 radical (unpaired) electrons. The van der Waals surface area contributed by atoms with Gasteiger partial charge in [0.15, 0.2) is 5.78 Å². The van der Waals surface area contributed by atoms with Gasteiger partial charge in [-0.05, 0) is 0 Å². The third-order valence-electron chi connectivity index (χ3n) is 1.05. The third kappa shape index (κ3) is 3.32. The number of carbonyl (C=O) groups excluding carboxylic acids is 2. The molecule has 0 aliphatic carbocycles. The maximum absolute atomic E-state index is 10.6. The zero-order chi connectivity index (χ0) is 7.98. The minimum Gasteiger partial charge on any atom is -0.396 e. The molecule has 0 aromatic heterocycles. The summed E-state index contributed by atoms with van der Waals surface area (Å²) in [6.45, 7) is -0.283. The molecule has 0 rings (SSSR count). The quantitative estimate of drug-likeness (QED) is 0.482. The van der Waals surface area contributed by atoms with Crippen LogP contribution >= 0.6 is 0 Å². The van der Waals surface area contributed by atoms with Crippen molar-refractivity contribution < 1.29 is 19.8 Å². The van der Waals surface area contributed by atoms with Crippen molar-refractivity contribution in [2.75, 3.05) is 6.61 Å². The van der Waals surface area contributed by atoms with Crippen LogP contribution in [-0.4, -0.2) is 35.0 Å². The Morgan fingerprint density at radius 2 is 2.20 bits per heavy atom. The van der Waals surface area contributed by atoms with Crippen LogP contribution in [0.2, 0.25) is 0 Å². The van der Waals surface area contributed by atoms with E-state index in [1.807, 2.05) is 0 Å². The Balaban J connectivity index is 3.58. The van der Waals surface area contributed by atoms with Gasteiger partial charge >= 0.3 is 0 Å². The SMILES string of the molecule is O=CCC(O)C(=O)CCO. The number of hydrogen-bond acceptors (Lipinski definition) is 4. The Hall–Kier alpha value is -0.740. The smallest absolute Gasteiger partial charge is 0.163 e. The largest absolute Gasteiger partial charge is 0.396 e. The molecule has 0 amide bonds. The molecule has 0 aromatic carbocycles. The number of rotatable bonds is 5. The maximum Gasteiger partial charge on any atom is 0.163 e. The predicted octanol–water partition coefficient (Wildman–Crippen LogP) is -1.11. The van der Waals surface area contributed by atoms with Crippen LogP contribution in [-0.2, 0) is 9.59 Å². The highest BCUT2D eigenvalue weighted by Gasteiger charge is 2.12. The van der Waals surface area contributed by atoms with Gasteiger partial charge in [0.2, 0.25) is 0 Å². The van der Waals surface area contributed by atoms with Gasteiger partial charge in [0, 0.05) is 12.8 Å². The van der Waals surface area contributed by atoms with E-state index in [9.17, 15) is 9.59 Å². The van der Waals surface area contributed by atoms with Crippen molar-refractivity contribution in [3.8, 4) is 0 Å². The Morgan fingerprint density at radius 3 is 2.60 bits per heavy atom. The second-order valence-corrected chi connectivity index (χ2v) is 1.86. The molecule has 0 fully saturated rings. The van der Waals surface area contributed by atoms with Crippen molar-refractivity contribution in [2.45, 2.75) is 18.9 Å². The second-order valence-electron chi connectivity index (χ2n) is 1.86. The van der Waals surface area contributed by atoms with Gasteiger partial charge in [0.1, 0.15) is 12.4 Å². The number of hydrogen-bond donors (Lipinski definition) is 2. The first-order valence-corrected chi connectivity index (χ1v) is 2.97. The van der Waals surface area contributed by atoms with E-state index < -0.39 is 11.9 Å². The van der Waals surface area contributed by atoms with Crippen LogP contribution in [0.4, 0.5) is 0 Å². The Bertz CT molecular complexity index is 121. The average molecular weight is 146 g/mol. The van der Waals surface area contributed by atoms with Gasteiger partial charge in [-0.15, -0.1) is 0 Å². The van der Waals surface area contributed by atoms with Crippen LogP contribution in [0.3, 0.4) is 0 Å². The molecular formula is C6H10O4. The summed E-state index contributed by atoms with van der Waals surface area (Å²) in [7, 11) is 0. The van der Waals surface area contributed by atoms with E-state index in [1.54, 1.807) is 0 Å². The Labute approximate surface area is 58.5 Å². The van der Waals surface area contributed by atoms with Crippen LogP contribution in [0, 0.1) is 0 Å². The summed E-state index contributed by atoms with van der Waals surface area (Å²) < 4.78 is 0. The van der Waals surface area contributed by atoms with Crippen molar-refractivity contribution in [1.29, 1.82) is 0 Å². The number of Topliss-reactive ketones (excluding diaryl/α,β-unsaturated/α-hetero) is 1. The fourth-order valence-electron chi connectivity index (χ4n) is 0.499. The van der Waals surface area contributed by atoms with Crippen LogP contribution in [0.5, 0.6) is 0 Å². The lowest BCUT2D eigenvalue weighted by Gasteiger charge is -2.02. The van der Waals surface area contributed by atoms with Crippen LogP contribution in [0.25, 0.3) is 0 Å². The van der Waals surface area contributed by atoms with Gasteiger partial charge in [-0.1, -0.05) is 0 Å². The van der Waals surface area contributed by atoms with E-state index in [-0.39, 0.29) is 19.4 Å². The molecule has 58 valence electrons. The third-order valence-corrected chi connectivity index (χ3v) is 1.05. The van der Waals surface area contributed by atoms with Crippen molar-refractivity contribution in [1.82, 2.24) is 0 Å². The van der Waals surface area contributed by atoms with E-state index in [2.05, 4.69) is 0 Å². The molecule has 0 aliphatic heterocycles. The highest BCUT2D eigenvalue weighted by Crippen LogP contribution is 1.93. The molecule has 2 N–H and O–H groups in total. The molecule has 0 saturated heterocycles. The molecule has 0 aromatic rings. The first kappa shape index (κ1) is 9.26. The van der Waals surface area contributed by atoms with E-state index >= 15 is 0 Å². The molecule has 4 nitrogen and oxygen atoms in total. The lowest BCUT2D eigenvalue weighted by Crippen LogP contribution is -2.21. The molecule has 0 aliphatic rings. The number of aliphatic hydroxyl groups excluding tert-OH is 2. The van der Waals surface area contributed by atoms with Crippen molar-refractivity contribution in [2.24, 2.45) is 0 Å². The summed E-state index contributed by atoms with van der Waals surface area (Å²) in [6.07, 6.45) is -1.03. The van der Waals surface area contributed by atoms with Gasteiger partial charge in [0.25, 0.3) is 0 Å². The normalized spacial score (nSPS) is 12.6. The van der Waals surface area contributed by atoms with Crippen LogP contribution < -0.4 is 0 Å². The Kier molecular flexibility index (Phi) is 4.70. The van der Waals surface area contributed by atoms with E-state index in [1.165, 1.54) is 0 Å². The molecule has 0 bridgehead atoms. The lowest BCUT2D eigenvalue weighted by atomic mass is 10.1. The summed E-state index contributed by atoms with van der Waals surface area (Å²) in [6, 6.07) is 0. The van der Waals surface area contributed by atoms with E-state index in [4.69, 9.17) is 10.2 Å². The summed E-state index contributed by atoms with van der Waals surface area (Å²) in [5.41, 5.74) is 0. The van der Waals surface area contributed by atoms with Crippen molar-refractivity contribution in [3.63, 3.8) is 0 Å². The number of ketones is 1. The molecule has 1 unspecified atom stereocenters. The molecule has 10 heavy (non-hydrogen) atoms. The van der Waals surface area contributed by atoms with Gasteiger partial charge < -0.3 is 15.0 Å². The average Bonchev–Trinajstić information content (AvgIpc) is 1.89. The van der Waals surface area contributed by atoms with Crippen LogP contribution in [0.1, 0.15) is 12.8 Å². The molecule has 4 heteroatoms. The fraction of sp³-hybridized carbons (Fsp3) is 0.667. The standard InChI is InChI=1S/C6H10O4/c7-3-1-5(9)6(10)2-4-8/h3,5,8-9H,1-2,4H2. The zero-order valence-electron chi connectivity index (χ0n) is 5.49. The molecule has 0 heterocycles. The summed E-state index contributed by atoms with van der Waals surface area (Å²) in [5.74, 6) is -0.491. The van der Waals surface area contributed by atoms with E-state index in [0.717, 1.165) is 0 Å². The van der Waals surface area contributed by atoms with Gasteiger partial charge in [-0.3, -0.25) is 4.79 Å². The molecule has 0 spiro atoms. The first-order valence-electron chi connectivity index (χ1n) is 2.97. The van der Waals surface area contributed by atoms with Crippen molar-refractivity contribution >= 4 is 12.1 Å². The van der Waals surface area contributed by atoms with Gasteiger partial charge in [0.05, 0.1) is 6.61 Å². The highest BCUT2D eigenvalue weighted by molar-refractivity contribution is 5.84. The number of carbonyl (C=O) groups is 2. The summed E-state index contributed by atoms with van der Waals surface area (Å²) >= 11 is 0. The minimum absolute atomic E-state index is 0.0883. The number of aldehydes is 1. The highest BCUT2D eigenvalue weighted by atomic mass is 16.3. The fourth-order valence-corrected chi connectivity index (χ4v) is 0.499. The van der Waals surface area contributed by atoms with Crippen LogP contribution in [0.15, 0.2) is 0 Å². The van der Waals surface area contributed by atoms with Gasteiger partial charge in [-0.2, -0.15) is 0 Å². The minimum atomic E-state index is -1.23. The van der Waals surface area contributed by atoms with Gasteiger partial charge in [-0.25, -0.2) is 0 Å². The monoisotopic (exact) mass is 146 g/mol. The summed E-state index contributed by atoms with van der Waals surface area (Å²) in [4.78, 5) is 20.3. The summed E-state index contributed by atoms with van der Waals surface area (Å²) in [5, 5.41) is 17.0. The van der Waals surface area contributed by atoms with Crippen molar-refractivity contribution in [3.05, 3.63) is 0 Å². The zero-order valence-corrected chi connectivity index (χ0v) is 5.49. The molecular weight excluding hydrogens is 136 g/mol. The first-order chi connectivity index (χ1) is 4.72. The maximum atomic E-state index is 10.6.